The van der Waals surface area contributed by atoms with Crippen molar-refractivity contribution in [2.24, 2.45) is 5.73 Å². The molecule has 0 fully saturated rings. The Balaban J connectivity index is 0.00000106. The van der Waals surface area contributed by atoms with Crippen molar-refractivity contribution in [2.75, 3.05) is 20.0 Å². The second kappa shape index (κ2) is 7.45. The quantitative estimate of drug-likeness (QED) is 0.610. The summed E-state index contributed by atoms with van der Waals surface area (Å²) in [5.41, 5.74) is 12.5. The van der Waals surface area contributed by atoms with Crippen LogP contribution in [0.2, 0.25) is 0 Å². The molecule has 4 heteroatoms. The van der Waals surface area contributed by atoms with E-state index in [1.54, 1.807) is 32.4 Å². The highest BCUT2D eigenvalue weighted by atomic mass is 16.5. The number of anilines is 1. The Kier molecular flexibility index (Phi) is 6.59. The van der Waals surface area contributed by atoms with Crippen LogP contribution in [0.3, 0.4) is 0 Å². The lowest BCUT2D eigenvalue weighted by molar-refractivity contribution is 0.369. The molecule has 0 aliphatic carbocycles. The molecule has 4 nitrogen and oxygen atoms in total. The van der Waals surface area contributed by atoms with Crippen LogP contribution in [0.15, 0.2) is 24.4 Å². The first kappa shape index (κ1) is 14.2. The summed E-state index contributed by atoms with van der Waals surface area (Å²) < 4.78 is 10.1. The molecule has 1 aromatic rings. The maximum absolute atomic E-state index is 5.79. The first-order valence-electron chi connectivity index (χ1n) is 5.12. The van der Waals surface area contributed by atoms with Gasteiger partial charge in [0.05, 0.1) is 14.2 Å². The van der Waals surface area contributed by atoms with Gasteiger partial charge in [0, 0.05) is 23.5 Å². The van der Waals surface area contributed by atoms with Crippen LogP contribution in [-0.2, 0) is 4.74 Å². The van der Waals surface area contributed by atoms with Crippen LogP contribution in [-0.4, -0.2) is 14.2 Å². The zero-order valence-corrected chi connectivity index (χ0v) is 10.3. The Bertz CT molecular complexity index is 349. The lowest BCUT2D eigenvalue weighted by Crippen LogP contribution is -1.98. The Morgan fingerprint density at radius 1 is 1.25 bits per heavy atom. The van der Waals surface area contributed by atoms with Crippen LogP contribution in [0, 0.1) is 0 Å². The van der Waals surface area contributed by atoms with Gasteiger partial charge in [0.25, 0.3) is 0 Å². The predicted molar refractivity (Wildman–Crippen MR) is 67.9 cm³/mol. The van der Waals surface area contributed by atoms with Gasteiger partial charge in [-0.15, -0.1) is 0 Å². The molecule has 0 atom stereocenters. The van der Waals surface area contributed by atoms with Gasteiger partial charge >= 0.3 is 0 Å². The SMILES string of the molecule is CC.CO/C(=C/N)c1ccc(OC)cc1N. The highest BCUT2D eigenvalue weighted by Crippen LogP contribution is 2.25. The van der Waals surface area contributed by atoms with Crippen LogP contribution in [0.4, 0.5) is 5.69 Å². The third-order valence-electron chi connectivity index (χ3n) is 1.90. The Hall–Kier alpha value is -1.84. The molecular weight excluding hydrogens is 204 g/mol. The highest BCUT2D eigenvalue weighted by molar-refractivity contribution is 5.72. The molecule has 1 rings (SSSR count). The molecule has 0 spiro atoms. The summed E-state index contributed by atoms with van der Waals surface area (Å²) in [7, 11) is 3.13. The molecule has 0 aliphatic rings. The van der Waals surface area contributed by atoms with E-state index in [2.05, 4.69) is 0 Å². The summed E-state index contributed by atoms with van der Waals surface area (Å²) in [6, 6.07) is 5.32. The van der Waals surface area contributed by atoms with E-state index < -0.39 is 0 Å². The Labute approximate surface area is 96.8 Å². The fraction of sp³-hybridized carbons (Fsp3) is 0.333. The largest absolute Gasteiger partial charge is 0.497 e. The fourth-order valence-electron chi connectivity index (χ4n) is 1.16. The van der Waals surface area contributed by atoms with Crippen LogP contribution in [0.1, 0.15) is 19.4 Å². The molecule has 0 radical (unpaired) electrons. The van der Waals surface area contributed by atoms with Crippen molar-refractivity contribution in [2.45, 2.75) is 13.8 Å². The molecule has 0 saturated heterocycles. The minimum absolute atomic E-state index is 0.546. The van der Waals surface area contributed by atoms with Gasteiger partial charge in [0.15, 0.2) is 0 Å². The van der Waals surface area contributed by atoms with Gasteiger partial charge in [-0.1, -0.05) is 13.8 Å². The number of hydrogen-bond donors (Lipinski definition) is 2. The monoisotopic (exact) mass is 224 g/mol. The Morgan fingerprint density at radius 3 is 2.25 bits per heavy atom. The highest BCUT2D eigenvalue weighted by Gasteiger charge is 2.06. The second-order valence-corrected chi connectivity index (χ2v) is 2.69. The molecule has 0 heterocycles. The summed E-state index contributed by atoms with van der Waals surface area (Å²) in [5.74, 6) is 1.25. The minimum atomic E-state index is 0.546. The van der Waals surface area contributed by atoms with Gasteiger partial charge in [-0.05, 0) is 12.1 Å². The van der Waals surface area contributed by atoms with E-state index in [0.717, 1.165) is 5.56 Å². The smallest absolute Gasteiger partial charge is 0.143 e. The molecule has 16 heavy (non-hydrogen) atoms. The number of methoxy groups -OCH3 is 2. The number of ether oxygens (including phenoxy) is 2. The molecule has 0 aliphatic heterocycles. The van der Waals surface area contributed by atoms with Crippen LogP contribution in [0.25, 0.3) is 5.76 Å². The summed E-state index contributed by atoms with van der Waals surface area (Å²) in [4.78, 5) is 0. The number of nitrogens with two attached hydrogens (primary N) is 2. The van der Waals surface area contributed by atoms with Crippen LogP contribution in [0.5, 0.6) is 5.75 Å². The summed E-state index contributed by atoms with van der Waals surface area (Å²) in [5, 5.41) is 0. The third-order valence-corrected chi connectivity index (χ3v) is 1.90. The first-order chi connectivity index (χ1) is 7.72. The summed E-state index contributed by atoms with van der Waals surface area (Å²) in [6.07, 6.45) is 1.37. The average molecular weight is 224 g/mol. The summed E-state index contributed by atoms with van der Waals surface area (Å²) >= 11 is 0. The lowest BCUT2D eigenvalue weighted by atomic mass is 10.1. The van der Waals surface area contributed by atoms with Crippen molar-refractivity contribution in [3.63, 3.8) is 0 Å². The molecule has 0 saturated carbocycles. The van der Waals surface area contributed by atoms with Crippen molar-refractivity contribution in [3.8, 4) is 5.75 Å². The maximum atomic E-state index is 5.79. The van der Waals surface area contributed by atoms with Crippen molar-refractivity contribution in [3.05, 3.63) is 30.0 Å². The lowest BCUT2D eigenvalue weighted by Gasteiger charge is -2.09. The van der Waals surface area contributed by atoms with Crippen molar-refractivity contribution in [1.82, 2.24) is 0 Å². The molecule has 0 unspecified atom stereocenters. The molecular formula is C12H20N2O2. The average Bonchev–Trinajstić information content (AvgIpc) is 2.35. The van der Waals surface area contributed by atoms with Gasteiger partial charge in [-0.25, -0.2) is 0 Å². The molecule has 0 aromatic heterocycles. The normalized spacial score (nSPS) is 10.1. The van der Waals surface area contributed by atoms with Gasteiger partial charge in [-0.2, -0.15) is 0 Å². The second-order valence-electron chi connectivity index (χ2n) is 2.69. The van der Waals surface area contributed by atoms with E-state index in [-0.39, 0.29) is 0 Å². The van der Waals surface area contributed by atoms with E-state index in [1.165, 1.54) is 6.20 Å². The molecule has 0 bridgehead atoms. The van der Waals surface area contributed by atoms with Crippen molar-refractivity contribution >= 4 is 11.4 Å². The summed E-state index contributed by atoms with van der Waals surface area (Å²) in [6.45, 7) is 4.00. The zero-order chi connectivity index (χ0) is 12.6. The van der Waals surface area contributed by atoms with E-state index in [1.807, 2.05) is 13.8 Å². The minimum Gasteiger partial charge on any atom is -0.497 e. The van der Waals surface area contributed by atoms with Gasteiger partial charge in [0.2, 0.25) is 0 Å². The van der Waals surface area contributed by atoms with Gasteiger partial charge in [-0.3, -0.25) is 0 Å². The van der Waals surface area contributed by atoms with Gasteiger partial charge in [0.1, 0.15) is 11.5 Å². The number of hydrogen-bond acceptors (Lipinski definition) is 4. The molecule has 4 N–H and O–H groups in total. The topological polar surface area (TPSA) is 70.5 Å². The maximum Gasteiger partial charge on any atom is 0.143 e. The standard InChI is InChI=1S/C10H14N2O2.C2H6/c1-13-7-3-4-8(9(12)5-7)10(6-11)14-2;1-2/h3-6H,11-12H2,1-2H3;1-2H3/b10-6+;. The van der Waals surface area contributed by atoms with Crippen LogP contribution >= 0.6 is 0 Å². The van der Waals surface area contributed by atoms with Crippen LogP contribution < -0.4 is 16.2 Å². The van der Waals surface area contributed by atoms with E-state index >= 15 is 0 Å². The number of rotatable bonds is 3. The van der Waals surface area contributed by atoms with Crippen molar-refractivity contribution in [1.29, 1.82) is 0 Å². The predicted octanol–water partition coefficient (Wildman–Crippen LogP) is 2.21. The van der Waals surface area contributed by atoms with E-state index in [0.29, 0.717) is 17.2 Å². The number of nitrogen functional groups attached to an aromatic ring is 1. The molecule has 0 amide bonds. The van der Waals surface area contributed by atoms with E-state index in [4.69, 9.17) is 20.9 Å². The third kappa shape index (κ3) is 3.38. The Morgan fingerprint density at radius 2 is 1.88 bits per heavy atom. The molecule has 1 aromatic carbocycles. The van der Waals surface area contributed by atoms with Crippen molar-refractivity contribution < 1.29 is 9.47 Å². The molecule has 90 valence electrons. The number of benzene rings is 1. The first-order valence-corrected chi connectivity index (χ1v) is 5.12. The fourth-order valence-corrected chi connectivity index (χ4v) is 1.16. The zero-order valence-electron chi connectivity index (χ0n) is 10.3. The van der Waals surface area contributed by atoms with Gasteiger partial charge < -0.3 is 20.9 Å². The van der Waals surface area contributed by atoms with E-state index in [9.17, 15) is 0 Å².